The van der Waals surface area contributed by atoms with E-state index in [4.69, 9.17) is 5.73 Å². The summed E-state index contributed by atoms with van der Waals surface area (Å²) >= 11 is 1.53. The number of rotatable bonds is 3. The van der Waals surface area contributed by atoms with Crippen molar-refractivity contribution in [2.75, 3.05) is 43.4 Å². The second-order valence-corrected chi connectivity index (χ2v) is 5.93. The molecule has 0 amide bonds. The van der Waals surface area contributed by atoms with E-state index in [9.17, 15) is 0 Å². The van der Waals surface area contributed by atoms with Crippen LogP contribution < -0.4 is 10.6 Å². The Balaban J connectivity index is 1.93. The molecular formula is C12H22N4S. The predicted octanol–water partition coefficient (Wildman–Crippen LogP) is 1.81. The molecule has 5 heteroatoms. The first-order chi connectivity index (χ1) is 8.08. The van der Waals surface area contributed by atoms with E-state index in [1.807, 2.05) is 0 Å². The maximum atomic E-state index is 5.80. The van der Waals surface area contributed by atoms with Gasteiger partial charge in [0.05, 0.1) is 0 Å². The molecule has 1 aromatic heterocycles. The zero-order valence-corrected chi connectivity index (χ0v) is 11.8. The Morgan fingerprint density at radius 2 is 1.94 bits per heavy atom. The summed E-state index contributed by atoms with van der Waals surface area (Å²) in [6.07, 6.45) is 0. The van der Waals surface area contributed by atoms with Gasteiger partial charge >= 0.3 is 0 Å². The van der Waals surface area contributed by atoms with E-state index in [0.29, 0.717) is 5.82 Å². The second kappa shape index (κ2) is 5.23. The summed E-state index contributed by atoms with van der Waals surface area (Å²) < 4.78 is 4.22. The van der Waals surface area contributed by atoms with Gasteiger partial charge in [0.2, 0.25) is 0 Å². The number of anilines is 2. The molecule has 1 fully saturated rings. The van der Waals surface area contributed by atoms with Gasteiger partial charge in [-0.2, -0.15) is 4.37 Å². The molecule has 0 unspecified atom stereocenters. The van der Waals surface area contributed by atoms with Crippen LogP contribution in [-0.2, 0) is 0 Å². The average molecular weight is 254 g/mol. The fourth-order valence-electron chi connectivity index (χ4n) is 2.28. The van der Waals surface area contributed by atoms with Crippen LogP contribution in [-0.4, -0.2) is 42.0 Å². The molecule has 1 saturated heterocycles. The van der Waals surface area contributed by atoms with Crippen LogP contribution in [0.25, 0.3) is 0 Å². The van der Waals surface area contributed by atoms with Gasteiger partial charge in [-0.1, -0.05) is 13.8 Å². The monoisotopic (exact) mass is 254 g/mol. The van der Waals surface area contributed by atoms with Gasteiger partial charge in [-0.05, 0) is 24.4 Å². The van der Waals surface area contributed by atoms with Gasteiger partial charge in [0.1, 0.15) is 10.8 Å². The minimum Gasteiger partial charge on any atom is -0.383 e. The van der Waals surface area contributed by atoms with E-state index in [2.05, 4.69) is 34.9 Å². The molecule has 0 aromatic carbocycles. The molecule has 0 bridgehead atoms. The first kappa shape index (κ1) is 12.6. The fraction of sp³-hybridized carbons (Fsp3) is 0.750. The van der Waals surface area contributed by atoms with E-state index < -0.39 is 0 Å². The molecule has 96 valence electrons. The quantitative estimate of drug-likeness (QED) is 0.893. The van der Waals surface area contributed by atoms with E-state index in [1.165, 1.54) is 23.1 Å². The van der Waals surface area contributed by atoms with Crippen LogP contribution in [0.4, 0.5) is 10.8 Å². The molecule has 4 nitrogen and oxygen atoms in total. The highest BCUT2D eigenvalue weighted by molar-refractivity contribution is 7.10. The second-order valence-electron chi connectivity index (χ2n) is 5.18. The summed E-state index contributed by atoms with van der Waals surface area (Å²) in [5, 5.41) is 1.26. The molecule has 1 aromatic rings. The molecule has 2 N–H and O–H groups in total. The van der Waals surface area contributed by atoms with Gasteiger partial charge in [0.15, 0.2) is 0 Å². The van der Waals surface area contributed by atoms with Crippen molar-refractivity contribution in [2.24, 2.45) is 5.92 Å². The minimum atomic E-state index is 0.689. The Hall–Kier alpha value is -0.810. The Bertz CT molecular complexity index is 367. The summed E-state index contributed by atoms with van der Waals surface area (Å²) in [6.45, 7) is 12.3. The minimum absolute atomic E-state index is 0.689. The Morgan fingerprint density at radius 3 is 2.41 bits per heavy atom. The Kier molecular flexibility index (Phi) is 3.89. The number of nitrogens with zero attached hydrogens (tertiary/aromatic N) is 3. The van der Waals surface area contributed by atoms with Gasteiger partial charge in [-0.25, -0.2) is 0 Å². The lowest BCUT2D eigenvalue weighted by atomic mass is 10.2. The number of nitrogen functional groups attached to an aromatic ring is 1. The molecule has 2 heterocycles. The van der Waals surface area contributed by atoms with Crippen molar-refractivity contribution < 1.29 is 0 Å². The Labute approximate surface area is 108 Å². The summed E-state index contributed by atoms with van der Waals surface area (Å²) in [6, 6.07) is 0. The third kappa shape index (κ3) is 2.90. The molecule has 0 aliphatic carbocycles. The van der Waals surface area contributed by atoms with Crippen LogP contribution in [0.2, 0.25) is 0 Å². The summed E-state index contributed by atoms with van der Waals surface area (Å²) in [5.41, 5.74) is 6.95. The highest BCUT2D eigenvalue weighted by atomic mass is 32.1. The summed E-state index contributed by atoms with van der Waals surface area (Å²) in [5.74, 6) is 1.44. The largest absolute Gasteiger partial charge is 0.383 e. The molecular weight excluding hydrogens is 232 g/mol. The number of hydrogen-bond donors (Lipinski definition) is 1. The SMILES string of the molecule is Cc1c(N)nsc1N1CCN(CC(C)C)CC1. The Morgan fingerprint density at radius 1 is 1.29 bits per heavy atom. The van der Waals surface area contributed by atoms with Crippen LogP contribution in [0, 0.1) is 12.8 Å². The standard InChI is InChI=1S/C12H22N4S/c1-9(2)8-15-4-6-16(7-5-15)12-10(3)11(13)14-17-12/h9H,4-8H2,1-3H3,(H2,13,14). The average Bonchev–Trinajstić information content (AvgIpc) is 2.60. The van der Waals surface area contributed by atoms with Crippen LogP contribution >= 0.6 is 11.5 Å². The van der Waals surface area contributed by atoms with Crippen molar-refractivity contribution in [3.63, 3.8) is 0 Å². The predicted molar refractivity (Wildman–Crippen MR) is 74.8 cm³/mol. The number of aromatic nitrogens is 1. The summed E-state index contributed by atoms with van der Waals surface area (Å²) in [4.78, 5) is 4.96. The first-order valence-corrected chi connectivity index (χ1v) is 7.04. The van der Waals surface area contributed by atoms with Gasteiger partial charge in [-0.3, -0.25) is 4.90 Å². The van der Waals surface area contributed by atoms with E-state index in [-0.39, 0.29) is 0 Å². The zero-order chi connectivity index (χ0) is 12.4. The van der Waals surface area contributed by atoms with Crippen LogP contribution in [0.1, 0.15) is 19.4 Å². The van der Waals surface area contributed by atoms with Crippen molar-refractivity contribution >= 4 is 22.4 Å². The number of piperazine rings is 1. The lowest BCUT2D eigenvalue weighted by Gasteiger charge is -2.36. The smallest absolute Gasteiger partial charge is 0.142 e. The number of nitrogens with two attached hydrogens (primary N) is 1. The molecule has 0 atom stereocenters. The van der Waals surface area contributed by atoms with Gasteiger partial charge in [0.25, 0.3) is 0 Å². The molecule has 17 heavy (non-hydrogen) atoms. The van der Waals surface area contributed by atoms with E-state index in [0.717, 1.165) is 37.7 Å². The van der Waals surface area contributed by atoms with Crippen molar-refractivity contribution in [1.29, 1.82) is 0 Å². The van der Waals surface area contributed by atoms with E-state index >= 15 is 0 Å². The zero-order valence-electron chi connectivity index (χ0n) is 10.9. The topological polar surface area (TPSA) is 45.4 Å². The maximum absolute atomic E-state index is 5.80. The van der Waals surface area contributed by atoms with Crippen molar-refractivity contribution in [1.82, 2.24) is 9.27 Å². The molecule has 1 aliphatic heterocycles. The van der Waals surface area contributed by atoms with Crippen molar-refractivity contribution in [2.45, 2.75) is 20.8 Å². The normalized spacial score (nSPS) is 18.0. The lowest BCUT2D eigenvalue weighted by molar-refractivity contribution is 0.231. The van der Waals surface area contributed by atoms with Gasteiger partial charge in [-0.15, -0.1) is 0 Å². The first-order valence-electron chi connectivity index (χ1n) is 6.27. The van der Waals surface area contributed by atoms with Crippen LogP contribution in [0.3, 0.4) is 0 Å². The molecule has 0 radical (unpaired) electrons. The van der Waals surface area contributed by atoms with Crippen LogP contribution in [0.5, 0.6) is 0 Å². The maximum Gasteiger partial charge on any atom is 0.142 e. The van der Waals surface area contributed by atoms with E-state index in [1.54, 1.807) is 0 Å². The third-order valence-electron chi connectivity index (χ3n) is 3.22. The lowest BCUT2D eigenvalue weighted by Crippen LogP contribution is -2.47. The van der Waals surface area contributed by atoms with Crippen LogP contribution in [0.15, 0.2) is 0 Å². The third-order valence-corrected chi connectivity index (χ3v) is 4.24. The molecule has 1 aliphatic rings. The number of hydrogen-bond acceptors (Lipinski definition) is 5. The van der Waals surface area contributed by atoms with Gasteiger partial charge < -0.3 is 10.6 Å². The van der Waals surface area contributed by atoms with Gasteiger partial charge in [0, 0.05) is 38.3 Å². The molecule has 0 spiro atoms. The fourth-order valence-corrected chi connectivity index (χ4v) is 3.15. The highest BCUT2D eigenvalue weighted by Crippen LogP contribution is 2.30. The molecule has 2 rings (SSSR count). The van der Waals surface area contributed by atoms with Crippen molar-refractivity contribution in [3.05, 3.63) is 5.56 Å². The molecule has 0 saturated carbocycles. The van der Waals surface area contributed by atoms with Crippen molar-refractivity contribution in [3.8, 4) is 0 Å². The highest BCUT2D eigenvalue weighted by Gasteiger charge is 2.21. The summed E-state index contributed by atoms with van der Waals surface area (Å²) in [7, 11) is 0.